The second-order valence-corrected chi connectivity index (χ2v) is 7.95. The van der Waals surface area contributed by atoms with Crippen molar-refractivity contribution in [3.8, 4) is 0 Å². The van der Waals surface area contributed by atoms with Crippen LogP contribution in [0.5, 0.6) is 0 Å². The van der Waals surface area contributed by atoms with Crippen LogP contribution >= 0.6 is 62.1 Å². The Kier molecular flexibility index (Phi) is 6.21. The summed E-state index contributed by atoms with van der Waals surface area (Å²) < 4.78 is 0.942. The standard InChI is InChI=1S/C14H13BrCl3NS/c1-2-5-19-13(12-7-11(18)14(15)20-12)8-3-4-9(16)10(17)6-8/h3-4,6-7,13,19H,2,5H2,1H3. The quantitative estimate of drug-likeness (QED) is 0.585. The van der Waals surface area contributed by atoms with E-state index in [2.05, 4.69) is 28.2 Å². The molecule has 2 aromatic rings. The van der Waals surface area contributed by atoms with E-state index in [9.17, 15) is 0 Å². The molecule has 6 heteroatoms. The molecule has 1 atom stereocenters. The van der Waals surface area contributed by atoms with Crippen LogP contribution < -0.4 is 5.32 Å². The zero-order valence-electron chi connectivity index (χ0n) is 10.7. The van der Waals surface area contributed by atoms with E-state index in [0.717, 1.165) is 32.2 Å². The Hall–Kier alpha value is 0.230. The van der Waals surface area contributed by atoms with Crippen LogP contribution in [0.15, 0.2) is 28.1 Å². The molecule has 0 saturated carbocycles. The van der Waals surface area contributed by atoms with Gasteiger partial charge in [-0.05, 0) is 52.7 Å². The number of halogens is 4. The highest BCUT2D eigenvalue weighted by Gasteiger charge is 2.18. The maximum atomic E-state index is 6.14. The Labute approximate surface area is 146 Å². The summed E-state index contributed by atoms with van der Waals surface area (Å²) in [6, 6.07) is 7.76. The minimum Gasteiger partial charge on any atom is -0.306 e. The van der Waals surface area contributed by atoms with E-state index in [1.54, 1.807) is 11.3 Å². The number of nitrogens with one attached hydrogen (secondary N) is 1. The molecule has 2 rings (SSSR count). The van der Waals surface area contributed by atoms with Crippen LogP contribution in [-0.4, -0.2) is 6.54 Å². The van der Waals surface area contributed by atoms with Gasteiger partial charge >= 0.3 is 0 Å². The summed E-state index contributed by atoms with van der Waals surface area (Å²) in [5, 5.41) is 5.38. The molecule has 0 spiro atoms. The van der Waals surface area contributed by atoms with Gasteiger partial charge in [0.1, 0.15) is 0 Å². The van der Waals surface area contributed by atoms with Gasteiger partial charge in [0.15, 0.2) is 0 Å². The van der Waals surface area contributed by atoms with Crippen molar-refractivity contribution in [3.63, 3.8) is 0 Å². The molecule has 20 heavy (non-hydrogen) atoms. The number of hydrogen-bond acceptors (Lipinski definition) is 2. The van der Waals surface area contributed by atoms with Gasteiger partial charge in [-0.25, -0.2) is 0 Å². The average molecular weight is 414 g/mol. The van der Waals surface area contributed by atoms with E-state index in [1.807, 2.05) is 24.3 Å². The zero-order chi connectivity index (χ0) is 14.7. The molecule has 0 aliphatic heterocycles. The molecular weight excluding hydrogens is 400 g/mol. The first kappa shape index (κ1) is 16.6. The lowest BCUT2D eigenvalue weighted by Gasteiger charge is -2.18. The van der Waals surface area contributed by atoms with E-state index in [0.29, 0.717) is 10.0 Å². The largest absolute Gasteiger partial charge is 0.306 e. The Morgan fingerprint density at radius 2 is 1.90 bits per heavy atom. The van der Waals surface area contributed by atoms with Crippen molar-refractivity contribution < 1.29 is 0 Å². The van der Waals surface area contributed by atoms with E-state index >= 15 is 0 Å². The van der Waals surface area contributed by atoms with Gasteiger partial charge in [0, 0.05) is 4.88 Å². The fourth-order valence-electron chi connectivity index (χ4n) is 1.87. The third kappa shape index (κ3) is 3.90. The van der Waals surface area contributed by atoms with Crippen LogP contribution in [0.4, 0.5) is 0 Å². The minimum atomic E-state index is 0.0681. The summed E-state index contributed by atoms with van der Waals surface area (Å²) in [4.78, 5) is 1.15. The number of hydrogen-bond donors (Lipinski definition) is 1. The monoisotopic (exact) mass is 411 g/mol. The van der Waals surface area contributed by atoms with Crippen LogP contribution in [0.25, 0.3) is 0 Å². The lowest BCUT2D eigenvalue weighted by atomic mass is 10.1. The lowest BCUT2D eigenvalue weighted by molar-refractivity contribution is 0.606. The molecule has 0 amide bonds. The first-order chi connectivity index (χ1) is 9.52. The van der Waals surface area contributed by atoms with Crippen molar-refractivity contribution >= 4 is 62.1 Å². The Morgan fingerprint density at radius 3 is 2.45 bits per heavy atom. The molecule has 0 aliphatic rings. The van der Waals surface area contributed by atoms with Gasteiger partial charge in [-0.1, -0.05) is 47.8 Å². The molecule has 1 heterocycles. The van der Waals surface area contributed by atoms with Crippen molar-refractivity contribution in [2.24, 2.45) is 0 Å². The second-order valence-electron chi connectivity index (χ2n) is 4.33. The van der Waals surface area contributed by atoms with Crippen molar-refractivity contribution in [2.45, 2.75) is 19.4 Å². The molecule has 1 aromatic carbocycles. The first-order valence-electron chi connectivity index (χ1n) is 6.16. The van der Waals surface area contributed by atoms with Crippen LogP contribution in [-0.2, 0) is 0 Å². The van der Waals surface area contributed by atoms with Crippen LogP contribution in [0.2, 0.25) is 15.1 Å². The Bertz CT molecular complexity index is 581. The lowest BCUT2D eigenvalue weighted by Crippen LogP contribution is -2.22. The summed E-state index contributed by atoms with van der Waals surface area (Å²) in [7, 11) is 0. The molecule has 1 nitrogen and oxygen atoms in total. The highest BCUT2D eigenvalue weighted by Crippen LogP contribution is 2.38. The molecule has 1 aromatic heterocycles. The average Bonchev–Trinajstić information content (AvgIpc) is 2.74. The molecule has 0 radical (unpaired) electrons. The molecule has 1 unspecified atom stereocenters. The van der Waals surface area contributed by atoms with E-state index in [1.165, 1.54) is 0 Å². The highest BCUT2D eigenvalue weighted by atomic mass is 79.9. The second kappa shape index (κ2) is 7.48. The minimum absolute atomic E-state index is 0.0681. The van der Waals surface area contributed by atoms with Crippen LogP contribution in [0, 0.1) is 0 Å². The Morgan fingerprint density at radius 1 is 1.15 bits per heavy atom. The smallest absolute Gasteiger partial charge is 0.0888 e. The topological polar surface area (TPSA) is 12.0 Å². The molecule has 0 fully saturated rings. The van der Waals surface area contributed by atoms with Crippen molar-refractivity contribution in [1.82, 2.24) is 5.32 Å². The van der Waals surface area contributed by atoms with Gasteiger partial charge in [0.05, 0.1) is 24.9 Å². The number of benzene rings is 1. The highest BCUT2D eigenvalue weighted by molar-refractivity contribution is 9.11. The molecule has 0 bridgehead atoms. The van der Waals surface area contributed by atoms with Crippen LogP contribution in [0.3, 0.4) is 0 Å². The molecule has 1 N–H and O–H groups in total. The normalized spacial score (nSPS) is 12.7. The molecule has 0 saturated heterocycles. The van der Waals surface area contributed by atoms with E-state index in [-0.39, 0.29) is 6.04 Å². The number of rotatable bonds is 5. The maximum absolute atomic E-state index is 6.14. The van der Waals surface area contributed by atoms with Gasteiger partial charge in [-0.15, -0.1) is 11.3 Å². The first-order valence-corrected chi connectivity index (χ1v) is 8.90. The molecule has 0 aliphatic carbocycles. The zero-order valence-corrected chi connectivity index (χ0v) is 15.4. The van der Waals surface area contributed by atoms with E-state index in [4.69, 9.17) is 34.8 Å². The third-order valence-corrected chi connectivity index (χ3v) is 6.10. The number of thiophene rings is 1. The third-order valence-electron chi connectivity index (χ3n) is 2.82. The van der Waals surface area contributed by atoms with Gasteiger partial charge < -0.3 is 5.32 Å². The van der Waals surface area contributed by atoms with Gasteiger partial charge in [-0.3, -0.25) is 0 Å². The van der Waals surface area contributed by atoms with E-state index < -0.39 is 0 Å². The van der Waals surface area contributed by atoms with Crippen molar-refractivity contribution in [2.75, 3.05) is 6.54 Å². The molecule has 108 valence electrons. The fraction of sp³-hybridized carbons (Fsp3) is 0.286. The summed E-state index contributed by atoms with van der Waals surface area (Å²) in [5.41, 5.74) is 1.08. The van der Waals surface area contributed by atoms with Crippen molar-refractivity contribution in [3.05, 3.63) is 53.6 Å². The predicted molar refractivity (Wildman–Crippen MR) is 93.6 cm³/mol. The summed E-state index contributed by atoms with van der Waals surface area (Å²) in [6.07, 6.45) is 1.05. The van der Waals surface area contributed by atoms with Gasteiger partial charge in [0.25, 0.3) is 0 Å². The fourth-order valence-corrected chi connectivity index (χ4v) is 4.03. The van der Waals surface area contributed by atoms with Gasteiger partial charge in [-0.2, -0.15) is 0 Å². The molecular formula is C14H13BrCl3NS. The van der Waals surface area contributed by atoms with Crippen LogP contribution in [0.1, 0.15) is 29.8 Å². The summed E-state index contributed by atoms with van der Waals surface area (Å²) in [6.45, 7) is 3.05. The van der Waals surface area contributed by atoms with Crippen molar-refractivity contribution in [1.29, 1.82) is 0 Å². The maximum Gasteiger partial charge on any atom is 0.0888 e. The predicted octanol–water partition coefficient (Wildman–Crippen LogP) is 6.56. The summed E-state index contributed by atoms with van der Waals surface area (Å²) in [5.74, 6) is 0. The SMILES string of the molecule is CCCNC(c1ccc(Cl)c(Cl)c1)c1cc(Cl)c(Br)s1. The Balaban J connectivity index is 2.38. The summed E-state index contributed by atoms with van der Waals surface area (Å²) >= 11 is 23.3. The van der Waals surface area contributed by atoms with Gasteiger partial charge in [0.2, 0.25) is 0 Å².